The zero-order valence-corrected chi connectivity index (χ0v) is 14.0. The van der Waals surface area contributed by atoms with Gasteiger partial charge in [-0.3, -0.25) is 4.79 Å². The molecule has 0 radical (unpaired) electrons. The van der Waals surface area contributed by atoms with Crippen molar-refractivity contribution in [3.05, 3.63) is 41.6 Å². The van der Waals surface area contributed by atoms with E-state index in [1.54, 1.807) is 7.11 Å². The molecule has 1 heterocycles. The van der Waals surface area contributed by atoms with E-state index in [9.17, 15) is 10.1 Å². The van der Waals surface area contributed by atoms with Crippen LogP contribution in [0.15, 0.2) is 36.0 Å². The van der Waals surface area contributed by atoms with E-state index in [-0.39, 0.29) is 17.7 Å². The minimum absolute atomic E-state index is 0.0494. The predicted octanol–water partition coefficient (Wildman–Crippen LogP) is 2.05. The Balaban J connectivity index is 1.88. The lowest BCUT2D eigenvalue weighted by Crippen LogP contribution is -2.29. The minimum atomic E-state index is -0.402. The summed E-state index contributed by atoms with van der Waals surface area (Å²) in [6.07, 6.45) is 3.67. The smallest absolute Gasteiger partial charge is 0.263 e. The molecule has 0 aromatic heterocycles. The molecule has 1 aromatic carbocycles. The van der Waals surface area contributed by atoms with E-state index in [2.05, 4.69) is 10.6 Å². The Hall–Kier alpha value is -2.52. The van der Waals surface area contributed by atoms with Crippen molar-refractivity contribution >= 4 is 5.91 Å². The highest BCUT2D eigenvalue weighted by atomic mass is 16.5. The van der Waals surface area contributed by atoms with Gasteiger partial charge in [-0.25, -0.2) is 0 Å². The molecule has 0 aliphatic carbocycles. The molecule has 2 rings (SSSR count). The van der Waals surface area contributed by atoms with Gasteiger partial charge >= 0.3 is 0 Å². The maximum absolute atomic E-state index is 12.2. The Morgan fingerprint density at radius 2 is 2.25 bits per heavy atom. The minimum Gasteiger partial charge on any atom is -0.497 e. The number of ether oxygens (including phenoxy) is 2. The molecular formula is C18H23N3O3. The molecule has 24 heavy (non-hydrogen) atoms. The van der Waals surface area contributed by atoms with Crippen LogP contribution in [0.3, 0.4) is 0 Å². The summed E-state index contributed by atoms with van der Waals surface area (Å²) in [5.41, 5.74) is 0.988. The van der Waals surface area contributed by atoms with E-state index < -0.39 is 5.91 Å². The topological polar surface area (TPSA) is 83.4 Å². The second kappa shape index (κ2) is 8.94. The molecule has 6 nitrogen and oxygen atoms in total. The van der Waals surface area contributed by atoms with Crippen molar-refractivity contribution in [3.63, 3.8) is 0 Å². The number of carbonyl (C=O) groups excluding carboxylic acids is 1. The van der Waals surface area contributed by atoms with Crippen molar-refractivity contribution in [2.24, 2.45) is 0 Å². The Morgan fingerprint density at radius 3 is 2.83 bits per heavy atom. The number of hydrogen-bond donors (Lipinski definition) is 2. The van der Waals surface area contributed by atoms with Crippen molar-refractivity contribution < 1.29 is 14.3 Å². The van der Waals surface area contributed by atoms with Crippen molar-refractivity contribution in [1.29, 1.82) is 5.26 Å². The first kappa shape index (κ1) is 17.8. The molecule has 0 spiro atoms. The summed E-state index contributed by atoms with van der Waals surface area (Å²) in [6, 6.07) is 9.16. The number of nitrogens with zero attached hydrogens (tertiary/aromatic N) is 1. The molecule has 2 unspecified atom stereocenters. The summed E-state index contributed by atoms with van der Waals surface area (Å²) < 4.78 is 10.6. The van der Waals surface area contributed by atoms with Gasteiger partial charge in [-0.05, 0) is 37.5 Å². The normalized spacial score (nSPS) is 18.5. The van der Waals surface area contributed by atoms with Crippen LogP contribution in [-0.2, 0) is 9.53 Å². The number of carbonyl (C=O) groups is 1. The number of hydrogen-bond acceptors (Lipinski definition) is 5. The van der Waals surface area contributed by atoms with Crippen LogP contribution < -0.4 is 15.4 Å². The molecule has 1 fully saturated rings. The van der Waals surface area contributed by atoms with Crippen LogP contribution in [0.2, 0.25) is 0 Å². The van der Waals surface area contributed by atoms with Crippen molar-refractivity contribution in [3.8, 4) is 11.8 Å². The highest BCUT2D eigenvalue weighted by Gasteiger charge is 2.16. The third-order valence-electron chi connectivity index (χ3n) is 3.94. The van der Waals surface area contributed by atoms with Gasteiger partial charge in [0.15, 0.2) is 0 Å². The van der Waals surface area contributed by atoms with Gasteiger partial charge in [0.05, 0.1) is 19.3 Å². The van der Waals surface area contributed by atoms with E-state index in [1.165, 1.54) is 6.20 Å². The van der Waals surface area contributed by atoms with Gasteiger partial charge in [-0.1, -0.05) is 12.1 Å². The van der Waals surface area contributed by atoms with Crippen LogP contribution in [0.1, 0.15) is 31.4 Å². The molecule has 1 saturated heterocycles. The lowest BCUT2D eigenvalue weighted by molar-refractivity contribution is -0.117. The Bertz CT molecular complexity index is 613. The van der Waals surface area contributed by atoms with Gasteiger partial charge in [0, 0.05) is 19.4 Å². The first-order valence-corrected chi connectivity index (χ1v) is 8.04. The van der Waals surface area contributed by atoms with E-state index >= 15 is 0 Å². The lowest BCUT2D eigenvalue weighted by Gasteiger charge is -2.15. The Kier molecular flexibility index (Phi) is 6.64. The van der Waals surface area contributed by atoms with Gasteiger partial charge in [-0.15, -0.1) is 0 Å². The average molecular weight is 329 g/mol. The average Bonchev–Trinajstić information content (AvgIpc) is 3.12. The predicted molar refractivity (Wildman–Crippen MR) is 90.2 cm³/mol. The van der Waals surface area contributed by atoms with E-state index in [0.29, 0.717) is 6.54 Å². The van der Waals surface area contributed by atoms with E-state index in [4.69, 9.17) is 9.47 Å². The number of rotatable bonds is 7. The fourth-order valence-corrected chi connectivity index (χ4v) is 2.50. The lowest BCUT2D eigenvalue weighted by atomic mass is 10.1. The number of nitriles is 1. The van der Waals surface area contributed by atoms with Crippen molar-refractivity contribution in [1.82, 2.24) is 10.6 Å². The number of amides is 1. The third kappa shape index (κ3) is 5.00. The molecule has 1 aliphatic rings. The van der Waals surface area contributed by atoms with Gasteiger partial charge in [0.25, 0.3) is 5.91 Å². The summed E-state index contributed by atoms with van der Waals surface area (Å²) in [5.74, 6) is 0.355. The van der Waals surface area contributed by atoms with Crippen LogP contribution in [-0.4, -0.2) is 32.3 Å². The zero-order chi connectivity index (χ0) is 17.4. The fourth-order valence-electron chi connectivity index (χ4n) is 2.50. The van der Waals surface area contributed by atoms with Crippen LogP contribution in [0.5, 0.6) is 5.75 Å². The van der Waals surface area contributed by atoms with Gasteiger partial charge in [0.1, 0.15) is 17.4 Å². The number of benzene rings is 1. The van der Waals surface area contributed by atoms with E-state index in [0.717, 1.165) is 30.8 Å². The summed E-state index contributed by atoms with van der Waals surface area (Å²) in [5, 5.41) is 15.0. The summed E-state index contributed by atoms with van der Waals surface area (Å²) in [7, 11) is 1.60. The van der Waals surface area contributed by atoms with Crippen LogP contribution in [0.25, 0.3) is 0 Å². The van der Waals surface area contributed by atoms with Crippen LogP contribution in [0, 0.1) is 11.3 Å². The fraction of sp³-hybridized carbons (Fsp3) is 0.444. The maximum atomic E-state index is 12.2. The third-order valence-corrected chi connectivity index (χ3v) is 3.94. The molecule has 0 bridgehead atoms. The van der Waals surface area contributed by atoms with E-state index in [1.807, 2.05) is 37.3 Å². The molecule has 2 N–H and O–H groups in total. The Morgan fingerprint density at radius 1 is 1.50 bits per heavy atom. The molecule has 1 aliphatic heterocycles. The first-order valence-electron chi connectivity index (χ1n) is 8.04. The monoisotopic (exact) mass is 329 g/mol. The second-order valence-electron chi connectivity index (χ2n) is 5.68. The molecule has 6 heteroatoms. The quantitative estimate of drug-likeness (QED) is 0.591. The first-order chi connectivity index (χ1) is 11.6. The second-order valence-corrected chi connectivity index (χ2v) is 5.68. The zero-order valence-electron chi connectivity index (χ0n) is 14.0. The summed E-state index contributed by atoms with van der Waals surface area (Å²) in [4.78, 5) is 12.2. The highest BCUT2D eigenvalue weighted by molar-refractivity contribution is 5.97. The number of methoxy groups -OCH3 is 1. The SMILES string of the molecule is COc1ccc(C(C)NC(=O)/C(C#N)=C\NCC2CCCO2)cc1. The molecule has 0 saturated carbocycles. The van der Waals surface area contributed by atoms with Gasteiger partial charge < -0.3 is 20.1 Å². The number of nitrogens with one attached hydrogen (secondary N) is 2. The largest absolute Gasteiger partial charge is 0.497 e. The van der Waals surface area contributed by atoms with Crippen LogP contribution >= 0.6 is 0 Å². The van der Waals surface area contributed by atoms with Crippen molar-refractivity contribution in [2.75, 3.05) is 20.3 Å². The molecule has 128 valence electrons. The highest BCUT2D eigenvalue weighted by Crippen LogP contribution is 2.17. The summed E-state index contributed by atoms with van der Waals surface area (Å²) >= 11 is 0. The maximum Gasteiger partial charge on any atom is 0.263 e. The molecular weight excluding hydrogens is 306 g/mol. The summed E-state index contributed by atoms with van der Waals surface area (Å²) in [6.45, 7) is 3.25. The standard InChI is InChI=1S/C18H23N3O3/c1-13(14-5-7-16(23-2)8-6-14)21-18(22)15(10-19)11-20-12-17-4-3-9-24-17/h5-8,11,13,17,20H,3-4,9,12H2,1-2H3,(H,21,22)/b15-11-. The van der Waals surface area contributed by atoms with Gasteiger partial charge in [0.2, 0.25) is 0 Å². The van der Waals surface area contributed by atoms with Crippen LogP contribution in [0.4, 0.5) is 0 Å². The molecule has 1 amide bonds. The van der Waals surface area contributed by atoms with Gasteiger partial charge in [-0.2, -0.15) is 5.26 Å². The van der Waals surface area contributed by atoms with Crippen molar-refractivity contribution in [2.45, 2.75) is 31.9 Å². The molecule has 1 aromatic rings. The molecule has 2 atom stereocenters. The Labute approximate surface area is 142 Å².